The number of rotatable bonds is 5. The van der Waals surface area contributed by atoms with E-state index >= 15 is 0 Å². The third-order valence-electron chi connectivity index (χ3n) is 2.68. The number of methoxy groups -OCH3 is 1. The Labute approximate surface area is 127 Å². The Balaban J connectivity index is 2.68. The fourth-order valence-electron chi connectivity index (χ4n) is 1.73. The van der Waals surface area contributed by atoms with Gasteiger partial charge in [0.05, 0.1) is 12.1 Å². The van der Waals surface area contributed by atoms with Crippen molar-refractivity contribution in [3.8, 4) is 0 Å². The molecule has 1 rings (SSSR count). The van der Waals surface area contributed by atoms with Crippen molar-refractivity contribution < 1.29 is 18.7 Å². The fraction of sp³-hybridized carbons (Fsp3) is 0.429. The van der Waals surface area contributed by atoms with Gasteiger partial charge < -0.3 is 15.4 Å². The van der Waals surface area contributed by atoms with Crippen LogP contribution in [0.25, 0.3) is 0 Å². The van der Waals surface area contributed by atoms with E-state index in [9.17, 15) is 14.0 Å². The number of esters is 1. The Morgan fingerprint density at radius 3 is 2.57 bits per heavy atom. The van der Waals surface area contributed by atoms with Crippen LogP contribution in [0.2, 0.25) is 5.02 Å². The molecule has 1 aromatic rings. The first-order valence-electron chi connectivity index (χ1n) is 6.44. The molecular formula is C14H18ClFN2O3. The average molecular weight is 317 g/mol. The normalized spacial score (nSPS) is 11.9. The van der Waals surface area contributed by atoms with Crippen LogP contribution >= 0.6 is 11.6 Å². The Hall–Kier alpha value is -1.82. The Morgan fingerprint density at radius 1 is 1.38 bits per heavy atom. The second kappa shape index (κ2) is 7.83. The first-order chi connectivity index (χ1) is 9.83. The minimum atomic E-state index is -0.745. The molecule has 0 spiro atoms. The van der Waals surface area contributed by atoms with Gasteiger partial charge in [-0.05, 0) is 30.5 Å². The molecule has 21 heavy (non-hydrogen) atoms. The first-order valence-corrected chi connectivity index (χ1v) is 6.81. The van der Waals surface area contributed by atoms with E-state index in [1.54, 1.807) is 0 Å². The molecule has 0 aliphatic rings. The predicted molar refractivity (Wildman–Crippen MR) is 78.8 cm³/mol. The van der Waals surface area contributed by atoms with Gasteiger partial charge in [0.2, 0.25) is 0 Å². The number of carbonyl (C=O) groups is 2. The first kappa shape index (κ1) is 17.2. The molecule has 0 aliphatic carbocycles. The van der Waals surface area contributed by atoms with Crippen LogP contribution in [0.5, 0.6) is 0 Å². The lowest BCUT2D eigenvalue weighted by Gasteiger charge is -2.18. The van der Waals surface area contributed by atoms with Crippen LogP contribution in [0.1, 0.15) is 20.3 Å². The lowest BCUT2D eigenvalue weighted by Crippen LogP contribution is -2.44. The maximum Gasteiger partial charge on any atom is 0.328 e. The van der Waals surface area contributed by atoms with Crippen molar-refractivity contribution in [2.45, 2.75) is 26.3 Å². The van der Waals surface area contributed by atoms with E-state index in [1.807, 2.05) is 13.8 Å². The highest BCUT2D eigenvalue weighted by Crippen LogP contribution is 2.19. The average Bonchev–Trinajstić information content (AvgIpc) is 2.40. The summed E-state index contributed by atoms with van der Waals surface area (Å²) in [6.45, 7) is 3.85. The summed E-state index contributed by atoms with van der Waals surface area (Å²) >= 11 is 5.62. The Morgan fingerprint density at radius 2 is 2.05 bits per heavy atom. The number of ether oxygens (including phenoxy) is 1. The van der Waals surface area contributed by atoms with Gasteiger partial charge in [-0.25, -0.2) is 14.0 Å². The molecule has 0 bridgehead atoms. The van der Waals surface area contributed by atoms with E-state index in [4.69, 9.17) is 11.6 Å². The molecule has 116 valence electrons. The molecule has 0 heterocycles. The van der Waals surface area contributed by atoms with Gasteiger partial charge in [-0.3, -0.25) is 0 Å². The standard InChI is InChI=1S/C14H18ClFN2O3/c1-8(2)6-12(13(19)21-3)18-14(20)17-9-4-5-11(16)10(15)7-9/h4-5,7-8,12H,6H2,1-3H3,(H2,17,18,20). The van der Waals surface area contributed by atoms with Crippen molar-refractivity contribution in [3.05, 3.63) is 29.0 Å². The van der Waals surface area contributed by atoms with Crippen LogP contribution in [0, 0.1) is 11.7 Å². The summed E-state index contributed by atoms with van der Waals surface area (Å²) in [7, 11) is 1.26. The summed E-state index contributed by atoms with van der Waals surface area (Å²) in [5.74, 6) is -0.888. The number of hydrogen-bond donors (Lipinski definition) is 2. The van der Waals surface area contributed by atoms with Crippen molar-refractivity contribution in [3.63, 3.8) is 0 Å². The van der Waals surface area contributed by atoms with Crippen molar-refractivity contribution >= 4 is 29.3 Å². The van der Waals surface area contributed by atoms with Crippen molar-refractivity contribution in [1.82, 2.24) is 5.32 Å². The summed E-state index contributed by atoms with van der Waals surface area (Å²) in [4.78, 5) is 23.5. The van der Waals surface area contributed by atoms with Crippen LogP contribution < -0.4 is 10.6 Å². The van der Waals surface area contributed by atoms with E-state index < -0.39 is 23.9 Å². The summed E-state index contributed by atoms with van der Waals surface area (Å²) in [6.07, 6.45) is 0.449. The monoisotopic (exact) mass is 316 g/mol. The smallest absolute Gasteiger partial charge is 0.328 e. The number of hydrogen-bond acceptors (Lipinski definition) is 3. The van der Waals surface area contributed by atoms with Gasteiger partial charge >= 0.3 is 12.0 Å². The highest BCUT2D eigenvalue weighted by Gasteiger charge is 2.22. The molecule has 1 unspecified atom stereocenters. The molecule has 7 heteroatoms. The SMILES string of the molecule is COC(=O)C(CC(C)C)NC(=O)Nc1ccc(F)c(Cl)c1. The maximum atomic E-state index is 13.0. The largest absolute Gasteiger partial charge is 0.467 e. The molecule has 0 aliphatic heterocycles. The number of benzene rings is 1. The molecule has 0 saturated carbocycles. The van der Waals surface area contributed by atoms with Crippen molar-refractivity contribution in [1.29, 1.82) is 0 Å². The lowest BCUT2D eigenvalue weighted by atomic mass is 10.0. The summed E-state index contributed by atoms with van der Waals surface area (Å²) in [6, 6.07) is 2.46. The Kier molecular flexibility index (Phi) is 6.42. The van der Waals surface area contributed by atoms with Crippen LogP contribution in [0.3, 0.4) is 0 Å². The second-order valence-electron chi connectivity index (χ2n) is 4.93. The summed E-state index contributed by atoms with van der Waals surface area (Å²) in [5.41, 5.74) is 0.326. The zero-order chi connectivity index (χ0) is 16.0. The minimum Gasteiger partial charge on any atom is -0.467 e. The van der Waals surface area contributed by atoms with Gasteiger partial charge in [-0.2, -0.15) is 0 Å². The third kappa shape index (κ3) is 5.59. The van der Waals surface area contributed by atoms with Gasteiger partial charge in [0.1, 0.15) is 11.9 Å². The zero-order valence-electron chi connectivity index (χ0n) is 12.1. The summed E-state index contributed by atoms with van der Waals surface area (Å²) < 4.78 is 17.7. The molecular weight excluding hydrogens is 299 g/mol. The number of urea groups is 1. The molecule has 0 saturated heterocycles. The molecule has 1 atom stereocenters. The van der Waals surface area contributed by atoms with Gasteiger partial charge in [-0.15, -0.1) is 0 Å². The van der Waals surface area contributed by atoms with E-state index in [2.05, 4.69) is 15.4 Å². The number of nitrogens with one attached hydrogen (secondary N) is 2. The molecule has 5 nitrogen and oxygen atoms in total. The minimum absolute atomic E-state index is 0.0977. The molecule has 2 amide bonds. The van der Waals surface area contributed by atoms with Crippen LogP contribution in [-0.2, 0) is 9.53 Å². The molecule has 0 radical (unpaired) electrons. The van der Waals surface area contributed by atoms with E-state index in [-0.39, 0.29) is 10.9 Å². The predicted octanol–water partition coefficient (Wildman–Crippen LogP) is 3.19. The molecule has 1 aromatic carbocycles. The highest BCUT2D eigenvalue weighted by atomic mass is 35.5. The molecule has 2 N–H and O–H groups in total. The number of anilines is 1. The van der Waals surface area contributed by atoms with Crippen molar-refractivity contribution in [2.24, 2.45) is 5.92 Å². The third-order valence-corrected chi connectivity index (χ3v) is 2.97. The van der Waals surface area contributed by atoms with E-state index in [0.717, 1.165) is 6.07 Å². The zero-order valence-corrected chi connectivity index (χ0v) is 12.8. The maximum absolute atomic E-state index is 13.0. The summed E-state index contributed by atoms with van der Waals surface area (Å²) in [5, 5.41) is 4.91. The number of carbonyl (C=O) groups excluding carboxylic acids is 2. The van der Waals surface area contributed by atoms with Gasteiger partial charge in [-0.1, -0.05) is 25.4 Å². The van der Waals surface area contributed by atoms with E-state index in [1.165, 1.54) is 19.2 Å². The molecule has 0 aromatic heterocycles. The fourth-order valence-corrected chi connectivity index (χ4v) is 1.91. The second-order valence-corrected chi connectivity index (χ2v) is 5.34. The van der Waals surface area contributed by atoms with Crippen molar-refractivity contribution in [2.75, 3.05) is 12.4 Å². The highest BCUT2D eigenvalue weighted by molar-refractivity contribution is 6.31. The van der Waals surface area contributed by atoms with Crippen LogP contribution in [0.15, 0.2) is 18.2 Å². The number of amides is 2. The Bertz CT molecular complexity index is 523. The van der Waals surface area contributed by atoms with Crippen LogP contribution in [0.4, 0.5) is 14.9 Å². The van der Waals surface area contributed by atoms with E-state index in [0.29, 0.717) is 12.1 Å². The lowest BCUT2D eigenvalue weighted by molar-refractivity contribution is -0.143. The van der Waals surface area contributed by atoms with Gasteiger partial charge in [0.25, 0.3) is 0 Å². The van der Waals surface area contributed by atoms with Gasteiger partial charge in [0, 0.05) is 5.69 Å². The van der Waals surface area contributed by atoms with Crippen LogP contribution in [-0.4, -0.2) is 25.2 Å². The number of halogens is 2. The quantitative estimate of drug-likeness (QED) is 0.820. The molecule has 0 fully saturated rings. The van der Waals surface area contributed by atoms with Gasteiger partial charge in [0.15, 0.2) is 0 Å². The topological polar surface area (TPSA) is 67.4 Å².